The van der Waals surface area contributed by atoms with Gasteiger partial charge in [-0.15, -0.1) is 0 Å². The number of Topliss-reactive ketones (excluding diaryl/α,β-unsaturated/α-hetero) is 2. The maximum atomic E-state index is 13.2. The number of fused-ring (bicyclic) bond motifs is 3. The molecule has 3 aliphatic heterocycles. The van der Waals surface area contributed by atoms with Crippen molar-refractivity contribution in [1.29, 1.82) is 0 Å². The van der Waals surface area contributed by atoms with Gasteiger partial charge in [0.05, 0.1) is 18.8 Å². The topological polar surface area (TPSA) is 89.5 Å². The maximum Gasteiger partial charge on any atom is 0.236 e. The Labute approximate surface area is 215 Å². The molecule has 0 amide bonds. The lowest BCUT2D eigenvalue weighted by Gasteiger charge is -2.30. The molecule has 2 aromatic carbocycles. The third kappa shape index (κ3) is 4.23. The SMILES string of the molecule is CC1(C)O[C@H]2O[C@H](COC3C4=C(OC3(C)C)c3ccccc3C(=O)C4=O)[C@@H](OCc3ccccc3)[C@H]2O1. The van der Waals surface area contributed by atoms with Crippen molar-refractivity contribution >= 4 is 17.3 Å². The fourth-order valence-corrected chi connectivity index (χ4v) is 5.51. The van der Waals surface area contributed by atoms with Crippen molar-refractivity contribution in [2.24, 2.45) is 0 Å². The van der Waals surface area contributed by atoms with E-state index >= 15 is 0 Å². The average Bonchev–Trinajstić information content (AvgIpc) is 3.44. The summed E-state index contributed by atoms with van der Waals surface area (Å²) in [6, 6.07) is 16.8. The maximum absolute atomic E-state index is 13.2. The number of rotatable bonds is 6. The number of carbonyl (C=O) groups is 2. The molecule has 0 spiro atoms. The second-order valence-electron chi connectivity index (χ2n) is 10.8. The number of carbonyl (C=O) groups excluding carboxylic acids is 2. The van der Waals surface area contributed by atoms with E-state index in [1.54, 1.807) is 18.2 Å². The first-order valence-electron chi connectivity index (χ1n) is 12.5. The van der Waals surface area contributed by atoms with Crippen molar-refractivity contribution in [3.8, 4) is 0 Å². The number of hydrogen-bond acceptors (Lipinski definition) is 8. The lowest BCUT2D eigenvalue weighted by Crippen LogP contribution is -2.44. The van der Waals surface area contributed by atoms with Crippen LogP contribution >= 0.6 is 0 Å². The van der Waals surface area contributed by atoms with Gasteiger partial charge in [-0.2, -0.15) is 0 Å². The molecular formula is C29H30O8. The summed E-state index contributed by atoms with van der Waals surface area (Å²) in [5, 5.41) is 0. The minimum absolute atomic E-state index is 0.0942. The molecule has 37 heavy (non-hydrogen) atoms. The lowest BCUT2D eigenvalue weighted by molar-refractivity contribution is -0.227. The molecule has 3 heterocycles. The van der Waals surface area contributed by atoms with Gasteiger partial charge in [-0.3, -0.25) is 9.59 Å². The van der Waals surface area contributed by atoms with E-state index in [4.69, 9.17) is 28.4 Å². The van der Waals surface area contributed by atoms with E-state index in [0.717, 1.165) is 5.56 Å². The van der Waals surface area contributed by atoms with Gasteiger partial charge in [-0.25, -0.2) is 0 Å². The van der Waals surface area contributed by atoms with Crippen LogP contribution in [0.4, 0.5) is 0 Å². The molecule has 8 nitrogen and oxygen atoms in total. The third-order valence-electron chi connectivity index (χ3n) is 7.17. The molecule has 5 atom stereocenters. The van der Waals surface area contributed by atoms with Crippen molar-refractivity contribution in [2.45, 2.75) is 76.4 Å². The Bertz CT molecular complexity index is 1260. The molecule has 2 fully saturated rings. The van der Waals surface area contributed by atoms with Crippen LogP contribution in [-0.4, -0.2) is 60.3 Å². The van der Waals surface area contributed by atoms with E-state index in [-0.39, 0.29) is 12.2 Å². The zero-order valence-electron chi connectivity index (χ0n) is 21.3. The van der Waals surface area contributed by atoms with Crippen LogP contribution in [0.1, 0.15) is 49.2 Å². The smallest absolute Gasteiger partial charge is 0.236 e. The summed E-state index contributed by atoms with van der Waals surface area (Å²) >= 11 is 0. The molecule has 0 bridgehead atoms. The molecule has 2 aromatic rings. The summed E-state index contributed by atoms with van der Waals surface area (Å²) in [7, 11) is 0. The Hall–Kier alpha value is -2.88. The van der Waals surface area contributed by atoms with Crippen LogP contribution in [0.3, 0.4) is 0 Å². The van der Waals surface area contributed by atoms with E-state index in [1.165, 1.54) is 0 Å². The molecule has 0 radical (unpaired) electrons. The van der Waals surface area contributed by atoms with Crippen LogP contribution in [0.25, 0.3) is 5.76 Å². The molecule has 0 N–H and O–H groups in total. The van der Waals surface area contributed by atoms with Crippen LogP contribution in [0.5, 0.6) is 0 Å². The van der Waals surface area contributed by atoms with Crippen molar-refractivity contribution < 1.29 is 38.0 Å². The van der Waals surface area contributed by atoms with Crippen LogP contribution in [-0.2, 0) is 39.8 Å². The lowest BCUT2D eigenvalue weighted by atomic mass is 9.84. The number of hydrogen-bond donors (Lipinski definition) is 0. The summed E-state index contributed by atoms with van der Waals surface area (Å²) < 4.78 is 37.1. The summed E-state index contributed by atoms with van der Waals surface area (Å²) in [5.74, 6) is -1.54. The largest absolute Gasteiger partial charge is 0.484 e. The molecule has 1 unspecified atom stereocenters. The molecule has 0 aromatic heterocycles. The highest BCUT2D eigenvalue weighted by Crippen LogP contribution is 2.46. The van der Waals surface area contributed by atoms with Gasteiger partial charge in [0, 0.05) is 11.1 Å². The monoisotopic (exact) mass is 506 g/mol. The quantitative estimate of drug-likeness (QED) is 0.547. The number of ketones is 2. The van der Waals surface area contributed by atoms with Gasteiger partial charge in [0.2, 0.25) is 11.6 Å². The van der Waals surface area contributed by atoms with E-state index in [2.05, 4.69) is 0 Å². The number of benzene rings is 2. The van der Waals surface area contributed by atoms with Gasteiger partial charge in [-0.1, -0.05) is 54.6 Å². The standard InChI is InChI=1S/C29H30O8/c1-28(2)26(20-22(31)21(30)17-12-8-9-13-18(17)23(20)35-28)33-15-19-24(32-14-16-10-6-5-7-11-16)25-27(34-19)37-29(3,4)36-25/h5-13,19,24-27H,14-15H2,1-4H3/t19-,24-,25-,26?,27-/m1/s1. The summed E-state index contributed by atoms with van der Waals surface area (Å²) in [4.78, 5) is 26.0. The van der Waals surface area contributed by atoms with E-state index in [1.807, 2.05) is 64.1 Å². The summed E-state index contributed by atoms with van der Waals surface area (Å²) in [5.41, 5.74) is 1.36. The van der Waals surface area contributed by atoms with Crippen molar-refractivity contribution in [3.63, 3.8) is 0 Å². The minimum atomic E-state index is -0.873. The van der Waals surface area contributed by atoms with E-state index < -0.39 is 53.7 Å². The Morgan fingerprint density at radius 2 is 1.54 bits per heavy atom. The predicted octanol–water partition coefficient (Wildman–Crippen LogP) is 3.82. The molecule has 4 aliphatic rings. The Balaban J connectivity index is 1.24. The van der Waals surface area contributed by atoms with Crippen LogP contribution in [0, 0.1) is 0 Å². The molecule has 6 rings (SSSR count). The number of ether oxygens (including phenoxy) is 6. The Morgan fingerprint density at radius 1 is 0.838 bits per heavy atom. The first kappa shape index (κ1) is 24.5. The highest BCUT2D eigenvalue weighted by molar-refractivity contribution is 6.52. The minimum Gasteiger partial charge on any atom is -0.484 e. The summed E-state index contributed by atoms with van der Waals surface area (Å²) in [6.07, 6.45) is -2.77. The Morgan fingerprint density at radius 3 is 2.30 bits per heavy atom. The van der Waals surface area contributed by atoms with Gasteiger partial charge in [0.15, 0.2) is 12.1 Å². The fraction of sp³-hybridized carbons (Fsp3) is 0.448. The highest BCUT2D eigenvalue weighted by Gasteiger charge is 2.57. The van der Waals surface area contributed by atoms with Gasteiger partial charge < -0.3 is 28.4 Å². The van der Waals surface area contributed by atoms with Crippen molar-refractivity contribution in [1.82, 2.24) is 0 Å². The van der Waals surface area contributed by atoms with Gasteiger partial charge in [-0.05, 0) is 33.3 Å². The van der Waals surface area contributed by atoms with Crippen molar-refractivity contribution in [2.75, 3.05) is 6.61 Å². The first-order chi connectivity index (χ1) is 17.6. The van der Waals surface area contributed by atoms with Crippen LogP contribution in [0.2, 0.25) is 0 Å². The second-order valence-corrected chi connectivity index (χ2v) is 10.8. The van der Waals surface area contributed by atoms with Crippen molar-refractivity contribution in [3.05, 3.63) is 76.9 Å². The fourth-order valence-electron chi connectivity index (χ4n) is 5.51. The zero-order valence-corrected chi connectivity index (χ0v) is 21.3. The normalized spacial score (nSPS) is 31.2. The molecule has 1 aliphatic carbocycles. The summed E-state index contributed by atoms with van der Waals surface area (Å²) in [6.45, 7) is 7.83. The highest BCUT2D eigenvalue weighted by atomic mass is 16.8. The van der Waals surface area contributed by atoms with E-state index in [0.29, 0.717) is 23.5 Å². The Kier molecular flexibility index (Phi) is 5.85. The van der Waals surface area contributed by atoms with Crippen LogP contribution < -0.4 is 0 Å². The van der Waals surface area contributed by atoms with Gasteiger partial charge in [0.1, 0.15) is 35.8 Å². The van der Waals surface area contributed by atoms with E-state index in [9.17, 15) is 9.59 Å². The third-order valence-corrected chi connectivity index (χ3v) is 7.17. The molecule has 2 saturated heterocycles. The average molecular weight is 507 g/mol. The molecule has 0 saturated carbocycles. The van der Waals surface area contributed by atoms with Gasteiger partial charge >= 0.3 is 0 Å². The molecule has 8 heteroatoms. The second kappa shape index (κ2) is 8.85. The van der Waals surface area contributed by atoms with Crippen LogP contribution in [0.15, 0.2) is 60.2 Å². The molecule has 194 valence electrons. The molecular weight excluding hydrogens is 476 g/mol. The predicted molar refractivity (Wildman–Crippen MR) is 131 cm³/mol. The van der Waals surface area contributed by atoms with Gasteiger partial charge in [0.25, 0.3) is 0 Å². The first-order valence-corrected chi connectivity index (χ1v) is 12.5. The zero-order chi connectivity index (χ0) is 25.9.